The van der Waals surface area contributed by atoms with Crippen LogP contribution >= 0.6 is 0 Å². The Kier molecular flexibility index (Phi) is 7.20. The summed E-state index contributed by atoms with van der Waals surface area (Å²) in [5, 5.41) is 0. The predicted molar refractivity (Wildman–Crippen MR) is 121 cm³/mol. The van der Waals surface area contributed by atoms with E-state index in [0.717, 1.165) is 43.4 Å². The van der Waals surface area contributed by atoms with Gasteiger partial charge >= 0.3 is 5.97 Å². The highest BCUT2D eigenvalue weighted by atomic mass is 16.6. The van der Waals surface area contributed by atoms with Gasteiger partial charge in [0.2, 0.25) is 0 Å². The molecule has 160 valence electrons. The Morgan fingerprint density at radius 2 is 1.87 bits per heavy atom. The molecule has 30 heavy (non-hydrogen) atoms. The first-order valence-corrected chi connectivity index (χ1v) is 10.9. The van der Waals surface area contributed by atoms with Crippen molar-refractivity contribution in [1.82, 2.24) is 0 Å². The monoisotopic (exact) mass is 407 g/mol. The second-order valence-corrected chi connectivity index (χ2v) is 8.16. The zero-order valence-corrected chi connectivity index (χ0v) is 18.3. The molecule has 3 rings (SSSR count). The molecule has 2 aromatic rings. The molecule has 2 N–H and O–H groups in total. The summed E-state index contributed by atoms with van der Waals surface area (Å²) in [4.78, 5) is 13.3. The van der Waals surface area contributed by atoms with Crippen molar-refractivity contribution in [3.05, 3.63) is 77.1 Å². The number of hydrogen-bond donors (Lipinski definition) is 1. The summed E-state index contributed by atoms with van der Waals surface area (Å²) < 4.78 is 12.0. The second-order valence-electron chi connectivity index (χ2n) is 8.16. The van der Waals surface area contributed by atoms with Crippen molar-refractivity contribution >= 4 is 11.7 Å². The average Bonchev–Trinajstić information content (AvgIpc) is 2.75. The minimum atomic E-state index is -0.523. The average molecular weight is 408 g/mol. The molecule has 0 aliphatic carbocycles. The van der Waals surface area contributed by atoms with Gasteiger partial charge in [0.15, 0.2) is 0 Å². The van der Waals surface area contributed by atoms with Gasteiger partial charge in [-0.1, -0.05) is 62.7 Å². The fourth-order valence-electron chi connectivity index (χ4n) is 4.57. The smallest absolute Gasteiger partial charge is 0.338 e. The largest absolute Gasteiger partial charge is 0.500 e. The summed E-state index contributed by atoms with van der Waals surface area (Å²) in [6.07, 6.45) is 4.80. The maximum atomic E-state index is 13.3. The first-order chi connectivity index (χ1) is 14.5. The topological polar surface area (TPSA) is 61.5 Å². The van der Waals surface area contributed by atoms with Gasteiger partial charge in [-0.3, -0.25) is 0 Å². The van der Waals surface area contributed by atoms with E-state index in [-0.39, 0.29) is 11.9 Å². The summed E-state index contributed by atoms with van der Waals surface area (Å²) in [5.41, 5.74) is 9.08. The molecule has 0 fully saturated rings. The highest BCUT2D eigenvalue weighted by Gasteiger charge is 2.43. The van der Waals surface area contributed by atoms with Crippen LogP contribution in [0.4, 0.5) is 5.69 Å². The van der Waals surface area contributed by atoms with Crippen LogP contribution in [-0.2, 0) is 20.7 Å². The van der Waals surface area contributed by atoms with E-state index >= 15 is 0 Å². The first kappa shape index (κ1) is 21.9. The zero-order chi connectivity index (χ0) is 21.6. The van der Waals surface area contributed by atoms with Gasteiger partial charge in [-0.05, 0) is 48.9 Å². The van der Waals surface area contributed by atoms with Crippen LogP contribution in [0.2, 0.25) is 0 Å². The Balaban J connectivity index is 1.92. The number of ether oxygens (including phenoxy) is 2. The van der Waals surface area contributed by atoms with Crippen LogP contribution in [0, 0.1) is 0 Å². The van der Waals surface area contributed by atoms with Crippen molar-refractivity contribution < 1.29 is 14.3 Å². The molecule has 1 aliphatic rings. The van der Waals surface area contributed by atoms with E-state index in [1.54, 1.807) is 7.11 Å². The standard InChI is InChI=1S/C26H33NO3/c1-4-15-26(16-14-19-10-7-6-8-11-19)18-23(29-3)24(25(28)30-26)22(5-2)20-12-9-13-21(27)17-20/h6-13,17,22H,4-5,14-16,18,27H2,1-3H3. The van der Waals surface area contributed by atoms with Crippen molar-refractivity contribution in [1.29, 1.82) is 0 Å². The second kappa shape index (κ2) is 9.84. The molecule has 0 spiro atoms. The molecule has 2 atom stereocenters. The van der Waals surface area contributed by atoms with E-state index < -0.39 is 5.60 Å². The molecule has 1 aliphatic heterocycles. The minimum absolute atomic E-state index is 0.0929. The zero-order valence-electron chi connectivity index (χ0n) is 18.3. The van der Waals surface area contributed by atoms with Crippen molar-refractivity contribution in [3.63, 3.8) is 0 Å². The highest BCUT2D eigenvalue weighted by molar-refractivity contribution is 5.92. The van der Waals surface area contributed by atoms with Crippen LogP contribution in [0.5, 0.6) is 0 Å². The number of carbonyl (C=O) groups excluding carboxylic acids is 1. The van der Waals surface area contributed by atoms with Gasteiger partial charge in [-0.2, -0.15) is 0 Å². The summed E-state index contributed by atoms with van der Waals surface area (Å²) in [7, 11) is 1.66. The summed E-state index contributed by atoms with van der Waals surface area (Å²) >= 11 is 0. The fourth-order valence-corrected chi connectivity index (χ4v) is 4.57. The number of cyclic esters (lactones) is 1. The van der Waals surface area contributed by atoms with E-state index in [2.05, 4.69) is 26.0 Å². The number of hydrogen-bond acceptors (Lipinski definition) is 4. The third kappa shape index (κ3) is 4.86. The molecule has 4 heteroatoms. The Morgan fingerprint density at radius 1 is 1.10 bits per heavy atom. The number of aryl methyl sites for hydroxylation is 1. The minimum Gasteiger partial charge on any atom is -0.500 e. The van der Waals surface area contributed by atoms with Gasteiger partial charge in [-0.15, -0.1) is 0 Å². The Morgan fingerprint density at radius 3 is 2.50 bits per heavy atom. The number of benzene rings is 2. The highest BCUT2D eigenvalue weighted by Crippen LogP contribution is 2.43. The predicted octanol–water partition coefficient (Wildman–Crippen LogP) is 5.78. The van der Waals surface area contributed by atoms with E-state index in [4.69, 9.17) is 15.2 Å². The normalized spacial score (nSPS) is 20.0. The lowest BCUT2D eigenvalue weighted by Crippen LogP contribution is -2.42. The number of nitrogen functional groups attached to an aromatic ring is 1. The SMILES string of the molecule is CCCC1(CCc2ccccc2)CC(OC)=C(C(CC)c2cccc(N)c2)C(=O)O1. The molecule has 0 aromatic heterocycles. The lowest BCUT2D eigenvalue weighted by atomic mass is 9.80. The van der Waals surface area contributed by atoms with Crippen molar-refractivity contribution in [2.45, 2.75) is 63.9 Å². The number of rotatable bonds is 9. The fraction of sp³-hybridized carbons (Fsp3) is 0.423. The number of nitrogens with two attached hydrogens (primary N) is 1. The Labute approximate surface area is 180 Å². The third-order valence-electron chi connectivity index (χ3n) is 6.05. The van der Waals surface area contributed by atoms with Crippen LogP contribution in [0.3, 0.4) is 0 Å². The number of methoxy groups -OCH3 is 1. The van der Waals surface area contributed by atoms with E-state index in [9.17, 15) is 4.79 Å². The molecule has 0 bridgehead atoms. The van der Waals surface area contributed by atoms with Crippen molar-refractivity contribution in [2.75, 3.05) is 12.8 Å². The number of anilines is 1. The van der Waals surface area contributed by atoms with Crippen LogP contribution < -0.4 is 5.73 Å². The first-order valence-electron chi connectivity index (χ1n) is 10.9. The van der Waals surface area contributed by atoms with E-state index in [1.807, 2.05) is 42.5 Å². The molecule has 2 unspecified atom stereocenters. The molecule has 0 saturated carbocycles. The van der Waals surface area contributed by atoms with E-state index in [1.165, 1.54) is 5.56 Å². The van der Waals surface area contributed by atoms with Crippen LogP contribution in [0.25, 0.3) is 0 Å². The maximum Gasteiger partial charge on any atom is 0.338 e. The van der Waals surface area contributed by atoms with E-state index in [0.29, 0.717) is 17.7 Å². The summed E-state index contributed by atoms with van der Waals surface area (Å²) in [6.45, 7) is 4.20. The molecular weight excluding hydrogens is 374 g/mol. The molecular formula is C26H33NO3. The molecule has 0 amide bonds. The van der Waals surface area contributed by atoms with Gasteiger partial charge in [-0.25, -0.2) is 4.79 Å². The molecule has 2 aromatic carbocycles. The van der Waals surface area contributed by atoms with Gasteiger partial charge in [0.05, 0.1) is 12.7 Å². The number of carbonyl (C=O) groups is 1. The number of esters is 1. The molecule has 4 nitrogen and oxygen atoms in total. The molecule has 0 radical (unpaired) electrons. The van der Waals surface area contributed by atoms with Crippen molar-refractivity contribution in [3.8, 4) is 0 Å². The third-order valence-corrected chi connectivity index (χ3v) is 6.05. The lowest BCUT2D eigenvalue weighted by Gasteiger charge is -2.39. The molecule has 1 heterocycles. The van der Waals surface area contributed by atoms with Crippen LogP contribution in [0.1, 0.15) is 63.0 Å². The van der Waals surface area contributed by atoms with Gasteiger partial charge in [0.1, 0.15) is 11.4 Å². The maximum absolute atomic E-state index is 13.3. The Bertz CT molecular complexity index is 890. The summed E-state index contributed by atoms with van der Waals surface area (Å²) in [6, 6.07) is 18.1. The van der Waals surface area contributed by atoms with Crippen molar-refractivity contribution in [2.24, 2.45) is 0 Å². The quantitative estimate of drug-likeness (QED) is 0.423. The summed E-state index contributed by atoms with van der Waals surface area (Å²) in [5.74, 6) is 0.403. The van der Waals surface area contributed by atoms with Crippen LogP contribution in [-0.4, -0.2) is 18.7 Å². The lowest BCUT2D eigenvalue weighted by molar-refractivity contribution is -0.161. The Hall–Kier alpha value is -2.75. The van der Waals surface area contributed by atoms with Gasteiger partial charge in [0, 0.05) is 18.0 Å². The van der Waals surface area contributed by atoms with Gasteiger partial charge in [0.25, 0.3) is 0 Å². The molecule has 0 saturated heterocycles. The van der Waals surface area contributed by atoms with Gasteiger partial charge < -0.3 is 15.2 Å². The van der Waals surface area contributed by atoms with Crippen LogP contribution in [0.15, 0.2) is 65.9 Å².